The molecular formula is C36H68NO10P. The molecule has 0 rings (SSSR count). The zero-order chi connectivity index (χ0) is 35.7. The Morgan fingerprint density at radius 2 is 1.04 bits per heavy atom. The minimum atomic E-state index is -4.70. The highest BCUT2D eigenvalue weighted by Crippen LogP contribution is 2.43. The van der Waals surface area contributed by atoms with Crippen molar-refractivity contribution in [1.29, 1.82) is 0 Å². The van der Waals surface area contributed by atoms with Gasteiger partial charge >= 0.3 is 25.7 Å². The quantitative estimate of drug-likeness (QED) is 0.0249. The van der Waals surface area contributed by atoms with Gasteiger partial charge in [0.05, 0.1) is 13.2 Å². The van der Waals surface area contributed by atoms with Crippen molar-refractivity contribution in [3.63, 3.8) is 0 Å². The molecule has 0 saturated heterocycles. The molecule has 11 nitrogen and oxygen atoms in total. The second kappa shape index (κ2) is 32.4. The molecular weight excluding hydrogens is 637 g/mol. The fraction of sp³-hybridized carbons (Fsp3) is 0.861. The number of carboxylic acids is 1. The fourth-order valence-corrected chi connectivity index (χ4v) is 5.78. The van der Waals surface area contributed by atoms with Gasteiger partial charge in [0.25, 0.3) is 0 Å². The van der Waals surface area contributed by atoms with Gasteiger partial charge in [-0.3, -0.25) is 23.4 Å². The van der Waals surface area contributed by atoms with Crippen molar-refractivity contribution in [3.05, 3.63) is 12.2 Å². The minimum absolute atomic E-state index is 0.164. The van der Waals surface area contributed by atoms with E-state index in [4.69, 9.17) is 24.8 Å². The van der Waals surface area contributed by atoms with Crippen LogP contribution in [0.2, 0.25) is 0 Å². The van der Waals surface area contributed by atoms with Crippen molar-refractivity contribution in [3.8, 4) is 0 Å². The van der Waals surface area contributed by atoms with Gasteiger partial charge in [0.2, 0.25) is 0 Å². The lowest BCUT2D eigenvalue weighted by Gasteiger charge is -2.20. The molecule has 48 heavy (non-hydrogen) atoms. The van der Waals surface area contributed by atoms with Gasteiger partial charge in [-0.1, -0.05) is 129 Å². The summed E-state index contributed by atoms with van der Waals surface area (Å²) in [5, 5.41) is 8.84. The van der Waals surface area contributed by atoms with Crippen LogP contribution in [-0.2, 0) is 37.5 Å². The van der Waals surface area contributed by atoms with Crippen LogP contribution in [0.4, 0.5) is 0 Å². The summed E-state index contributed by atoms with van der Waals surface area (Å²) in [7, 11) is -4.70. The summed E-state index contributed by atoms with van der Waals surface area (Å²) in [4.78, 5) is 45.6. The Labute approximate surface area is 290 Å². The van der Waals surface area contributed by atoms with Crippen LogP contribution in [0.3, 0.4) is 0 Å². The fourth-order valence-electron chi connectivity index (χ4n) is 5.00. The number of hydrogen-bond acceptors (Lipinski definition) is 9. The van der Waals surface area contributed by atoms with Crippen molar-refractivity contribution < 1.29 is 47.5 Å². The molecule has 0 aliphatic heterocycles. The number of carboxylic acid groups (broad SMARTS) is 1. The van der Waals surface area contributed by atoms with E-state index in [1.807, 2.05) is 0 Å². The highest BCUT2D eigenvalue weighted by Gasteiger charge is 2.28. The van der Waals surface area contributed by atoms with Crippen LogP contribution in [0.15, 0.2) is 12.2 Å². The third-order valence-corrected chi connectivity index (χ3v) is 8.96. The predicted octanol–water partition coefficient (Wildman–Crippen LogP) is 8.95. The maximum absolute atomic E-state index is 12.5. The van der Waals surface area contributed by atoms with Gasteiger partial charge in [-0.15, -0.1) is 0 Å². The molecule has 0 bridgehead atoms. The van der Waals surface area contributed by atoms with Gasteiger partial charge in [0.1, 0.15) is 12.6 Å². The van der Waals surface area contributed by atoms with Crippen LogP contribution >= 0.6 is 7.82 Å². The van der Waals surface area contributed by atoms with Crippen LogP contribution < -0.4 is 5.73 Å². The van der Waals surface area contributed by atoms with Crippen molar-refractivity contribution in [2.24, 2.45) is 5.73 Å². The monoisotopic (exact) mass is 705 g/mol. The first-order chi connectivity index (χ1) is 23.1. The van der Waals surface area contributed by atoms with Gasteiger partial charge in [0, 0.05) is 12.8 Å². The molecule has 0 radical (unpaired) electrons. The SMILES string of the molecule is CCCCC/C=C\CCCCCCCC(=O)OC[C@H](COP(=O)(O)OC[C@H](N)C(=O)O)OC(=O)CCCCCCCCCCCCCC. The van der Waals surface area contributed by atoms with E-state index in [-0.39, 0.29) is 19.4 Å². The number of phosphoric acid groups is 1. The third-order valence-electron chi connectivity index (χ3n) is 8.01. The maximum Gasteiger partial charge on any atom is 0.472 e. The minimum Gasteiger partial charge on any atom is -0.480 e. The largest absolute Gasteiger partial charge is 0.480 e. The van der Waals surface area contributed by atoms with E-state index in [0.29, 0.717) is 12.8 Å². The molecule has 0 aliphatic rings. The molecule has 3 atom stereocenters. The molecule has 0 aliphatic carbocycles. The van der Waals surface area contributed by atoms with E-state index in [0.717, 1.165) is 57.8 Å². The first-order valence-corrected chi connectivity index (χ1v) is 20.2. The summed E-state index contributed by atoms with van der Waals surface area (Å²) in [5.41, 5.74) is 5.31. The summed E-state index contributed by atoms with van der Waals surface area (Å²) < 4.78 is 32.5. The summed E-state index contributed by atoms with van der Waals surface area (Å²) in [6.45, 7) is 2.75. The summed E-state index contributed by atoms with van der Waals surface area (Å²) in [5.74, 6) is -2.39. The lowest BCUT2D eigenvalue weighted by molar-refractivity contribution is -0.161. The normalized spacial score (nSPS) is 14.1. The Morgan fingerprint density at radius 3 is 1.56 bits per heavy atom. The highest BCUT2D eigenvalue weighted by molar-refractivity contribution is 7.47. The molecule has 0 spiro atoms. The third kappa shape index (κ3) is 31.5. The number of unbranched alkanes of at least 4 members (excludes halogenated alkanes) is 19. The number of allylic oxidation sites excluding steroid dienone is 2. The number of esters is 2. The first kappa shape index (κ1) is 46.2. The second-order valence-electron chi connectivity index (χ2n) is 12.7. The molecule has 12 heteroatoms. The van der Waals surface area contributed by atoms with Crippen LogP contribution in [0, 0.1) is 0 Å². The predicted molar refractivity (Wildman–Crippen MR) is 189 cm³/mol. The number of phosphoric ester groups is 1. The molecule has 1 unspecified atom stereocenters. The van der Waals surface area contributed by atoms with Crippen LogP contribution in [0.25, 0.3) is 0 Å². The summed E-state index contributed by atoms with van der Waals surface area (Å²) in [6, 6.07) is -1.52. The topological polar surface area (TPSA) is 172 Å². The van der Waals surface area contributed by atoms with Gasteiger partial charge in [-0.05, 0) is 38.5 Å². The highest BCUT2D eigenvalue weighted by atomic mass is 31.2. The number of rotatable bonds is 35. The van der Waals surface area contributed by atoms with E-state index in [2.05, 4.69) is 30.5 Å². The van der Waals surface area contributed by atoms with Crippen molar-refractivity contribution in [2.45, 2.75) is 180 Å². The molecule has 0 heterocycles. The Hall–Kier alpha value is -1.78. The number of carbonyl (C=O) groups is 3. The van der Waals surface area contributed by atoms with Crippen molar-refractivity contribution in [1.82, 2.24) is 0 Å². The molecule has 0 saturated carbocycles. The van der Waals surface area contributed by atoms with Gasteiger partial charge in [-0.2, -0.15) is 0 Å². The Morgan fingerprint density at radius 1 is 0.625 bits per heavy atom. The second-order valence-corrected chi connectivity index (χ2v) is 14.2. The van der Waals surface area contributed by atoms with Crippen molar-refractivity contribution >= 4 is 25.7 Å². The molecule has 0 amide bonds. The Kier molecular flexibility index (Phi) is 31.2. The maximum atomic E-state index is 12.5. The zero-order valence-electron chi connectivity index (χ0n) is 30.1. The average Bonchev–Trinajstić information content (AvgIpc) is 3.05. The van der Waals surface area contributed by atoms with E-state index in [1.54, 1.807) is 0 Å². The zero-order valence-corrected chi connectivity index (χ0v) is 31.0. The molecule has 282 valence electrons. The van der Waals surface area contributed by atoms with Crippen LogP contribution in [-0.4, -0.2) is 59.9 Å². The molecule has 0 aromatic carbocycles. The smallest absolute Gasteiger partial charge is 0.472 e. The Bertz CT molecular complexity index is 885. The van der Waals surface area contributed by atoms with Gasteiger partial charge < -0.3 is 25.2 Å². The number of ether oxygens (including phenoxy) is 2. The summed E-state index contributed by atoms with van der Waals surface area (Å²) in [6.07, 6.45) is 28.5. The molecule has 4 N–H and O–H groups in total. The Balaban J connectivity index is 4.46. The van der Waals surface area contributed by atoms with Crippen LogP contribution in [0.5, 0.6) is 0 Å². The number of aliphatic carboxylic acids is 1. The molecule has 0 aromatic rings. The van der Waals surface area contributed by atoms with Gasteiger partial charge in [-0.25, -0.2) is 4.57 Å². The standard InChI is InChI=1S/C36H68NO10P/c1-3-5-7-9-11-13-15-17-19-21-23-25-27-34(38)44-29-32(30-45-48(42,43)46-31-33(37)36(40)41)47-35(39)28-26-24-22-20-18-16-14-12-10-8-6-4-2/h11,13,32-33H,3-10,12,14-31,37H2,1-2H3,(H,40,41)(H,42,43)/b13-11-/t32-,33+/m1/s1. The average molecular weight is 706 g/mol. The van der Waals surface area contributed by atoms with Crippen LogP contribution in [0.1, 0.15) is 168 Å². The number of nitrogens with two attached hydrogens (primary N) is 1. The van der Waals surface area contributed by atoms with Gasteiger partial charge in [0.15, 0.2) is 6.10 Å². The lowest BCUT2D eigenvalue weighted by atomic mass is 10.0. The molecule has 0 fully saturated rings. The number of hydrogen-bond donors (Lipinski definition) is 3. The molecule has 0 aromatic heterocycles. The van der Waals surface area contributed by atoms with E-state index >= 15 is 0 Å². The summed E-state index contributed by atoms with van der Waals surface area (Å²) >= 11 is 0. The van der Waals surface area contributed by atoms with Crippen molar-refractivity contribution in [2.75, 3.05) is 19.8 Å². The van der Waals surface area contributed by atoms with E-state index < -0.39 is 51.1 Å². The first-order valence-electron chi connectivity index (χ1n) is 18.7. The van der Waals surface area contributed by atoms with E-state index in [9.17, 15) is 23.8 Å². The lowest BCUT2D eigenvalue weighted by Crippen LogP contribution is -2.34. The number of carbonyl (C=O) groups excluding carboxylic acids is 2. The van der Waals surface area contributed by atoms with E-state index in [1.165, 1.54) is 70.6 Å².